The molecule has 0 heterocycles. The Bertz CT molecular complexity index is 230. The summed E-state index contributed by atoms with van der Waals surface area (Å²) < 4.78 is 4.73. The van der Waals surface area contributed by atoms with Crippen molar-refractivity contribution in [3.63, 3.8) is 0 Å². The Morgan fingerprint density at radius 1 is 0.737 bits per heavy atom. The molecule has 5 heteroatoms. The van der Waals surface area contributed by atoms with E-state index in [-0.39, 0.29) is 73.9 Å². The molecule has 0 rings (SSSR count). The van der Waals surface area contributed by atoms with E-state index in [1.54, 1.807) is 0 Å². The molecule has 0 aromatic rings. The molecule has 3 nitrogen and oxygen atoms in total. The van der Waals surface area contributed by atoms with Crippen molar-refractivity contribution in [1.82, 2.24) is 0 Å². The first kappa shape index (κ1) is 25.1. The van der Waals surface area contributed by atoms with E-state index in [0.717, 1.165) is 38.5 Å². The SMILES string of the molecule is CCCCCCCC(=O)OC(=O)CCCCC.[H-].[H-].[Na+].[Na+]. The van der Waals surface area contributed by atoms with Gasteiger partial charge in [0.25, 0.3) is 0 Å². The number of hydrogen-bond donors (Lipinski definition) is 0. The van der Waals surface area contributed by atoms with E-state index in [2.05, 4.69) is 13.8 Å². The summed E-state index contributed by atoms with van der Waals surface area (Å²) in [5.74, 6) is -0.722. The van der Waals surface area contributed by atoms with Crippen LogP contribution in [0, 0.1) is 0 Å². The molecule has 0 aliphatic rings. The first-order chi connectivity index (χ1) is 8.20. The minimum absolute atomic E-state index is 0. The zero-order chi connectivity index (χ0) is 12.9. The van der Waals surface area contributed by atoms with Gasteiger partial charge in [0, 0.05) is 12.8 Å². The molecule has 0 spiro atoms. The van der Waals surface area contributed by atoms with Gasteiger partial charge in [-0.1, -0.05) is 52.4 Å². The first-order valence-corrected chi connectivity index (χ1v) is 6.94. The fraction of sp³-hybridized carbons (Fsp3) is 0.857. The minimum atomic E-state index is -0.364. The summed E-state index contributed by atoms with van der Waals surface area (Å²) in [5, 5.41) is 0. The van der Waals surface area contributed by atoms with E-state index in [1.165, 1.54) is 12.8 Å². The van der Waals surface area contributed by atoms with E-state index >= 15 is 0 Å². The number of rotatable bonds is 10. The Kier molecular flexibility index (Phi) is 25.3. The van der Waals surface area contributed by atoms with Gasteiger partial charge in [-0.25, -0.2) is 0 Å². The van der Waals surface area contributed by atoms with Gasteiger partial charge in [0.1, 0.15) is 0 Å². The molecule has 0 saturated carbocycles. The quantitative estimate of drug-likeness (QED) is 0.207. The topological polar surface area (TPSA) is 43.4 Å². The van der Waals surface area contributed by atoms with Gasteiger partial charge in [0.05, 0.1) is 0 Å². The fourth-order valence-corrected chi connectivity index (χ4v) is 1.62. The Labute approximate surface area is 165 Å². The molecular weight excluding hydrogens is 262 g/mol. The molecule has 0 saturated heterocycles. The van der Waals surface area contributed by atoms with Crippen LogP contribution < -0.4 is 59.1 Å². The number of carbonyl (C=O) groups excluding carboxylic acids is 2. The molecule has 19 heavy (non-hydrogen) atoms. The van der Waals surface area contributed by atoms with Crippen LogP contribution in [0.25, 0.3) is 0 Å². The number of esters is 2. The minimum Gasteiger partial charge on any atom is -1.00 e. The Balaban J connectivity index is -0.000000213. The van der Waals surface area contributed by atoms with Crippen molar-refractivity contribution in [2.75, 3.05) is 0 Å². The Hall–Kier alpha value is 1.14. The van der Waals surface area contributed by atoms with Crippen LogP contribution >= 0.6 is 0 Å². The monoisotopic (exact) mass is 290 g/mol. The van der Waals surface area contributed by atoms with Crippen LogP contribution in [-0.4, -0.2) is 11.9 Å². The standard InChI is InChI=1S/C14H26O3.2Na.2H/c1-3-5-7-8-10-12-14(16)17-13(15)11-9-6-4-2;;;;/h3-12H2,1-2H3;;;;/q;2*+1;2*-1. The van der Waals surface area contributed by atoms with E-state index in [0.29, 0.717) is 12.8 Å². The molecule has 0 atom stereocenters. The van der Waals surface area contributed by atoms with Crippen molar-refractivity contribution in [2.24, 2.45) is 0 Å². The average Bonchev–Trinajstić information content (AvgIpc) is 2.29. The van der Waals surface area contributed by atoms with Gasteiger partial charge in [-0.3, -0.25) is 9.59 Å². The van der Waals surface area contributed by atoms with Gasteiger partial charge in [-0.15, -0.1) is 0 Å². The summed E-state index contributed by atoms with van der Waals surface area (Å²) in [4.78, 5) is 22.5. The van der Waals surface area contributed by atoms with Gasteiger partial charge < -0.3 is 7.59 Å². The van der Waals surface area contributed by atoms with Crippen molar-refractivity contribution in [3.05, 3.63) is 0 Å². The molecule has 0 amide bonds. The van der Waals surface area contributed by atoms with Crippen molar-refractivity contribution in [1.29, 1.82) is 0 Å². The molecule has 104 valence electrons. The van der Waals surface area contributed by atoms with Crippen LogP contribution in [0.4, 0.5) is 0 Å². The van der Waals surface area contributed by atoms with Crippen LogP contribution in [0.3, 0.4) is 0 Å². The molecule has 0 radical (unpaired) electrons. The van der Waals surface area contributed by atoms with Gasteiger partial charge >= 0.3 is 71.1 Å². The second-order valence-corrected chi connectivity index (χ2v) is 4.47. The first-order valence-electron chi connectivity index (χ1n) is 6.94. The third kappa shape index (κ3) is 19.1. The summed E-state index contributed by atoms with van der Waals surface area (Å²) >= 11 is 0. The smallest absolute Gasteiger partial charge is 1.00 e. The van der Waals surface area contributed by atoms with E-state index in [4.69, 9.17) is 4.74 Å². The Morgan fingerprint density at radius 3 is 1.58 bits per heavy atom. The molecule has 0 fully saturated rings. The number of unbranched alkanes of at least 4 members (excludes halogenated alkanes) is 6. The van der Waals surface area contributed by atoms with E-state index < -0.39 is 0 Å². The molecule has 0 aromatic carbocycles. The number of hydrogen-bond acceptors (Lipinski definition) is 3. The molecule has 0 aliphatic carbocycles. The van der Waals surface area contributed by atoms with Crippen molar-refractivity contribution in [3.8, 4) is 0 Å². The van der Waals surface area contributed by atoms with Crippen LogP contribution in [0.15, 0.2) is 0 Å². The molecule has 0 bridgehead atoms. The second-order valence-electron chi connectivity index (χ2n) is 4.47. The largest absolute Gasteiger partial charge is 1.00 e. The van der Waals surface area contributed by atoms with E-state index in [1.807, 2.05) is 0 Å². The van der Waals surface area contributed by atoms with Gasteiger partial charge in [0.2, 0.25) is 0 Å². The van der Waals surface area contributed by atoms with Crippen molar-refractivity contribution < 1.29 is 76.3 Å². The zero-order valence-electron chi connectivity index (χ0n) is 15.3. The molecular formula is C14H28Na2O3. The van der Waals surface area contributed by atoms with Gasteiger partial charge in [0.15, 0.2) is 0 Å². The summed E-state index contributed by atoms with van der Waals surface area (Å²) in [6, 6.07) is 0. The molecule has 0 aromatic heterocycles. The fourth-order valence-electron chi connectivity index (χ4n) is 1.62. The van der Waals surface area contributed by atoms with Crippen LogP contribution in [0.5, 0.6) is 0 Å². The normalized spacial score (nSPS) is 9.16. The van der Waals surface area contributed by atoms with Gasteiger partial charge in [-0.05, 0) is 12.8 Å². The summed E-state index contributed by atoms with van der Waals surface area (Å²) in [6.07, 6.45) is 9.10. The molecule has 0 N–H and O–H groups in total. The summed E-state index contributed by atoms with van der Waals surface area (Å²) in [6.45, 7) is 4.23. The van der Waals surface area contributed by atoms with Crippen LogP contribution in [-0.2, 0) is 14.3 Å². The predicted octanol–water partition coefficient (Wildman–Crippen LogP) is -1.77. The third-order valence-corrected chi connectivity index (χ3v) is 2.70. The summed E-state index contributed by atoms with van der Waals surface area (Å²) in [7, 11) is 0. The third-order valence-electron chi connectivity index (χ3n) is 2.70. The van der Waals surface area contributed by atoms with E-state index in [9.17, 15) is 9.59 Å². The zero-order valence-corrected chi connectivity index (χ0v) is 17.3. The maximum Gasteiger partial charge on any atom is 1.00 e. The number of carbonyl (C=O) groups is 2. The second kappa shape index (κ2) is 19.1. The Morgan fingerprint density at radius 2 is 1.11 bits per heavy atom. The summed E-state index contributed by atoms with van der Waals surface area (Å²) in [5.41, 5.74) is 0. The average molecular weight is 290 g/mol. The molecule has 0 aliphatic heterocycles. The number of ether oxygens (including phenoxy) is 1. The maximum atomic E-state index is 11.3. The molecule has 0 unspecified atom stereocenters. The predicted molar refractivity (Wildman–Crippen MR) is 70.8 cm³/mol. The van der Waals surface area contributed by atoms with Crippen molar-refractivity contribution in [2.45, 2.75) is 78.1 Å². The van der Waals surface area contributed by atoms with Crippen molar-refractivity contribution >= 4 is 11.9 Å². The van der Waals surface area contributed by atoms with Gasteiger partial charge in [-0.2, -0.15) is 0 Å². The van der Waals surface area contributed by atoms with Crippen LogP contribution in [0.1, 0.15) is 80.9 Å². The van der Waals surface area contributed by atoms with Crippen LogP contribution in [0.2, 0.25) is 0 Å². The maximum absolute atomic E-state index is 11.3.